The molecule has 86 valence electrons. The van der Waals surface area contributed by atoms with E-state index in [1.54, 1.807) is 13.8 Å². The predicted octanol–water partition coefficient (Wildman–Crippen LogP) is 1.56. The zero-order valence-corrected chi connectivity index (χ0v) is 9.42. The van der Waals surface area contributed by atoms with Gasteiger partial charge in [-0.1, -0.05) is 0 Å². The topological polar surface area (TPSA) is 56.0 Å². The molecular weight excluding hydrogens is 207 g/mol. The molecule has 0 aliphatic rings. The van der Waals surface area contributed by atoms with Crippen molar-refractivity contribution in [2.24, 2.45) is 0 Å². The first-order valence-corrected chi connectivity index (χ1v) is 5.04. The van der Waals surface area contributed by atoms with Gasteiger partial charge in [0.15, 0.2) is 0 Å². The van der Waals surface area contributed by atoms with Crippen LogP contribution in [0.3, 0.4) is 0 Å². The van der Waals surface area contributed by atoms with Gasteiger partial charge in [0.1, 0.15) is 5.82 Å². The van der Waals surface area contributed by atoms with E-state index in [0.717, 1.165) is 0 Å². The summed E-state index contributed by atoms with van der Waals surface area (Å²) in [6, 6.07) is 6.05. The third kappa shape index (κ3) is 3.97. The van der Waals surface area contributed by atoms with Gasteiger partial charge in [-0.15, -0.1) is 0 Å². The van der Waals surface area contributed by atoms with Gasteiger partial charge in [0.05, 0.1) is 17.2 Å². The van der Waals surface area contributed by atoms with Crippen LogP contribution < -0.4 is 5.32 Å². The van der Waals surface area contributed by atoms with E-state index in [2.05, 4.69) is 5.32 Å². The Hall–Kier alpha value is -1.44. The Bertz CT molecular complexity index is 404. The first-order valence-electron chi connectivity index (χ1n) is 5.04. The lowest BCUT2D eigenvalue weighted by atomic mass is 10.1. The highest BCUT2D eigenvalue weighted by Gasteiger charge is 2.12. The number of nitriles is 1. The Morgan fingerprint density at radius 1 is 1.50 bits per heavy atom. The van der Waals surface area contributed by atoms with E-state index in [1.807, 2.05) is 6.07 Å². The minimum Gasteiger partial charge on any atom is -0.389 e. The molecule has 0 bridgehead atoms. The van der Waals surface area contributed by atoms with Gasteiger partial charge in [-0.2, -0.15) is 5.26 Å². The van der Waals surface area contributed by atoms with Crippen molar-refractivity contribution in [2.75, 3.05) is 6.54 Å². The van der Waals surface area contributed by atoms with Crippen molar-refractivity contribution in [2.45, 2.75) is 26.0 Å². The van der Waals surface area contributed by atoms with Gasteiger partial charge >= 0.3 is 0 Å². The molecular formula is C12H15FN2O. The van der Waals surface area contributed by atoms with Crippen LogP contribution in [-0.4, -0.2) is 17.3 Å². The lowest BCUT2D eigenvalue weighted by Crippen LogP contribution is -2.34. The highest BCUT2D eigenvalue weighted by molar-refractivity contribution is 5.37. The van der Waals surface area contributed by atoms with Crippen LogP contribution in [0.5, 0.6) is 0 Å². The minimum absolute atomic E-state index is 0.362. The van der Waals surface area contributed by atoms with Crippen LogP contribution in [-0.2, 0) is 6.54 Å². The van der Waals surface area contributed by atoms with Gasteiger partial charge in [0, 0.05) is 13.1 Å². The van der Waals surface area contributed by atoms with Crippen molar-refractivity contribution in [3.05, 3.63) is 35.1 Å². The number of aliphatic hydroxyl groups is 1. The number of nitrogens with zero attached hydrogens (tertiary/aromatic N) is 1. The number of halogens is 1. The average molecular weight is 222 g/mol. The van der Waals surface area contributed by atoms with E-state index < -0.39 is 5.60 Å². The van der Waals surface area contributed by atoms with Crippen molar-refractivity contribution in [1.29, 1.82) is 5.26 Å². The average Bonchev–Trinajstić information content (AvgIpc) is 2.16. The van der Waals surface area contributed by atoms with Crippen LogP contribution in [0, 0.1) is 17.1 Å². The molecule has 16 heavy (non-hydrogen) atoms. The third-order valence-electron chi connectivity index (χ3n) is 2.06. The van der Waals surface area contributed by atoms with Gasteiger partial charge in [-0.3, -0.25) is 0 Å². The summed E-state index contributed by atoms with van der Waals surface area (Å²) in [5.41, 5.74) is 0.233. The zero-order valence-electron chi connectivity index (χ0n) is 9.42. The molecule has 4 heteroatoms. The molecule has 0 aromatic heterocycles. The van der Waals surface area contributed by atoms with Crippen LogP contribution in [0.1, 0.15) is 25.0 Å². The maximum atomic E-state index is 13.0. The number of nitrogens with one attached hydrogen (secondary N) is 1. The Kier molecular flexibility index (Phi) is 3.99. The Labute approximate surface area is 94.5 Å². The molecule has 0 atom stereocenters. The standard InChI is InChI=1S/C12H15FN2O/c1-12(2,16)8-15-7-10-5-11(13)4-3-9(10)6-14/h3-5,15-16H,7-8H2,1-2H3. The second kappa shape index (κ2) is 5.06. The summed E-state index contributed by atoms with van der Waals surface area (Å²) in [6.07, 6.45) is 0. The fourth-order valence-corrected chi connectivity index (χ4v) is 1.32. The van der Waals surface area contributed by atoms with Crippen molar-refractivity contribution in [1.82, 2.24) is 5.32 Å². The molecule has 3 nitrogen and oxygen atoms in total. The smallest absolute Gasteiger partial charge is 0.123 e. The molecule has 0 amide bonds. The summed E-state index contributed by atoms with van der Waals surface area (Å²) in [5, 5.41) is 21.3. The van der Waals surface area contributed by atoms with Crippen molar-refractivity contribution < 1.29 is 9.50 Å². The SMILES string of the molecule is CC(C)(O)CNCc1cc(F)ccc1C#N. The molecule has 0 saturated carbocycles. The van der Waals surface area contributed by atoms with Crippen molar-refractivity contribution in [3.63, 3.8) is 0 Å². The fourth-order valence-electron chi connectivity index (χ4n) is 1.32. The quantitative estimate of drug-likeness (QED) is 0.812. The first kappa shape index (κ1) is 12.6. The van der Waals surface area contributed by atoms with Crippen molar-refractivity contribution in [3.8, 4) is 6.07 Å². The molecule has 0 unspecified atom stereocenters. The fraction of sp³-hybridized carbons (Fsp3) is 0.417. The molecule has 0 aliphatic carbocycles. The second-order valence-electron chi connectivity index (χ2n) is 4.33. The van der Waals surface area contributed by atoms with E-state index >= 15 is 0 Å². The van der Waals surface area contributed by atoms with E-state index in [9.17, 15) is 9.50 Å². The van der Waals surface area contributed by atoms with E-state index in [4.69, 9.17) is 5.26 Å². The summed E-state index contributed by atoms with van der Waals surface area (Å²) >= 11 is 0. The number of rotatable bonds is 4. The molecule has 0 heterocycles. The zero-order chi connectivity index (χ0) is 12.2. The Morgan fingerprint density at radius 2 is 2.19 bits per heavy atom. The Balaban J connectivity index is 2.67. The molecule has 1 aromatic carbocycles. The first-order chi connectivity index (χ1) is 7.42. The van der Waals surface area contributed by atoms with Gasteiger partial charge in [-0.25, -0.2) is 4.39 Å². The number of hydrogen-bond donors (Lipinski definition) is 2. The maximum absolute atomic E-state index is 13.0. The second-order valence-corrected chi connectivity index (χ2v) is 4.33. The van der Waals surface area contributed by atoms with E-state index in [0.29, 0.717) is 24.2 Å². The molecule has 0 radical (unpaired) electrons. The van der Waals surface area contributed by atoms with Crippen LogP contribution in [0.4, 0.5) is 4.39 Å². The molecule has 0 fully saturated rings. The Morgan fingerprint density at radius 3 is 2.75 bits per heavy atom. The summed E-state index contributed by atoms with van der Waals surface area (Å²) < 4.78 is 13.0. The van der Waals surface area contributed by atoms with Gasteiger partial charge < -0.3 is 10.4 Å². The van der Waals surface area contributed by atoms with Crippen LogP contribution in [0.25, 0.3) is 0 Å². The lowest BCUT2D eigenvalue weighted by molar-refractivity contribution is 0.0795. The van der Waals surface area contributed by atoms with E-state index in [1.165, 1.54) is 18.2 Å². The number of hydrogen-bond acceptors (Lipinski definition) is 3. The van der Waals surface area contributed by atoms with Gasteiger partial charge in [0.25, 0.3) is 0 Å². The van der Waals surface area contributed by atoms with Gasteiger partial charge in [0.2, 0.25) is 0 Å². The normalized spacial score (nSPS) is 11.2. The molecule has 2 N–H and O–H groups in total. The number of benzene rings is 1. The van der Waals surface area contributed by atoms with Crippen LogP contribution >= 0.6 is 0 Å². The van der Waals surface area contributed by atoms with Gasteiger partial charge in [-0.05, 0) is 37.6 Å². The summed E-state index contributed by atoms with van der Waals surface area (Å²) in [6.45, 7) is 4.10. The third-order valence-corrected chi connectivity index (χ3v) is 2.06. The van der Waals surface area contributed by atoms with E-state index in [-0.39, 0.29) is 5.82 Å². The summed E-state index contributed by atoms with van der Waals surface area (Å²) in [5.74, 6) is -0.362. The molecule has 0 spiro atoms. The van der Waals surface area contributed by atoms with Crippen LogP contribution in [0.15, 0.2) is 18.2 Å². The highest BCUT2D eigenvalue weighted by atomic mass is 19.1. The maximum Gasteiger partial charge on any atom is 0.123 e. The molecule has 0 aliphatic heterocycles. The minimum atomic E-state index is -0.819. The molecule has 1 aromatic rings. The molecule has 1 rings (SSSR count). The summed E-state index contributed by atoms with van der Waals surface area (Å²) in [7, 11) is 0. The highest BCUT2D eigenvalue weighted by Crippen LogP contribution is 2.10. The molecule has 0 saturated heterocycles. The predicted molar refractivity (Wildman–Crippen MR) is 59.1 cm³/mol. The van der Waals surface area contributed by atoms with Crippen molar-refractivity contribution >= 4 is 0 Å². The largest absolute Gasteiger partial charge is 0.389 e. The van der Waals surface area contributed by atoms with Crippen LogP contribution in [0.2, 0.25) is 0 Å². The lowest BCUT2D eigenvalue weighted by Gasteiger charge is -2.17. The summed E-state index contributed by atoms with van der Waals surface area (Å²) in [4.78, 5) is 0. The monoisotopic (exact) mass is 222 g/mol.